The van der Waals surface area contributed by atoms with Gasteiger partial charge in [-0.1, -0.05) is 34.8 Å². The summed E-state index contributed by atoms with van der Waals surface area (Å²) in [5, 5.41) is 0.105. The zero-order chi connectivity index (χ0) is 20.2. The van der Waals surface area contributed by atoms with Crippen molar-refractivity contribution in [2.45, 2.75) is 18.4 Å². The van der Waals surface area contributed by atoms with Crippen molar-refractivity contribution in [3.63, 3.8) is 0 Å². The van der Waals surface area contributed by atoms with Crippen LogP contribution >= 0.6 is 34.8 Å². The number of sulfonamides is 1. The van der Waals surface area contributed by atoms with Gasteiger partial charge in [0.05, 0.1) is 30.9 Å². The number of methoxy groups -OCH3 is 2. The maximum Gasteiger partial charge on any atom is 0.243 e. The highest BCUT2D eigenvalue weighted by Crippen LogP contribution is 2.39. The fraction of sp³-hybridized carbons (Fsp3) is 0.294. The molecule has 0 atom stereocenters. The van der Waals surface area contributed by atoms with Gasteiger partial charge in [-0.05, 0) is 36.8 Å². The van der Waals surface area contributed by atoms with Crippen molar-refractivity contribution in [1.82, 2.24) is 4.72 Å². The highest BCUT2D eigenvalue weighted by molar-refractivity contribution is 7.89. The summed E-state index contributed by atoms with van der Waals surface area (Å²) in [4.78, 5) is -0.236. The normalized spacial score (nSPS) is 11.3. The van der Waals surface area contributed by atoms with Crippen LogP contribution in [0.5, 0.6) is 17.2 Å². The van der Waals surface area contributed by atoms with E-state index < -0.39 is 10.0 Å². The van der Waals surface area contributed by atoms with E-state index in [9.17, 15) is 8.42 Å². The minimum atomic E-state index is -3.98. The molecule has 0 bridgehead atoms. The van der Waals surface area contributed by atoms with Gasteiger partial charge in [0.25, 0.3) is 0 Å². The molecule has 6 nitrogen and oxygen atoms in total. The summed E-state index contributed by atoms with van der Waals surface area (Å²) in [6, 6.07) is 5.93. The first-order valence-electron chi connectivity index (χ1n) is 7.75. The van der Waals surface area contributed by atoms with Crippen molar-refractivity contribution in [2.24, 2.45) is 0 Å². The van der Waals surface area contributed by atoms with E-state index in [-0.39, 0.29) is 26.5 Å². The standard InChI is InChI=1S/C17H18Cl3NO5S/c1-4-26-16-14(24-2)5-10(6-15(16)25-3)9-21-27(22,23)17-12(19)7-11(18)8-13(17)20/h5-8,21H,4,9H2,1-3H3. The molecule has 2 aromatic rings. The number of ether oxygens (including phenoxy) is 3. The third-order valence-electron chi connectivity index (χ3n) is 3.51. The van der Waals surface area contributed by atoms with E-state index in [1.54, 1.807) is 12.1 Å². The van der Waals surface area contributed by atoms with Crippen LogP contribution in [0.4, 0.5) is 0 Å². The predicted molar refractivity (Wildman–Crippen MR) is 106 cm³/mol. The van der Waals surface area contributed by atoms with Crippen molar-refractivity contribution in [2.75, 3.05) is 20.8 Å². The van der Waals surface area contributed by atoms with Crippen molar-refractivity contribution in [1.29, 1.82) is 0 Å². The molecule has 0 aliphatic carbocycles. The summed E-state index contributed by atoms with van der Waals surface area (Å²) in [7, 11) is -1.01. The molecular formula is C17H18Cl3NO5S. The molecular weight excluding hydrogens is 437 g/mol. The van der Waals surface area contributed by atoms with Crippen molar-refractivity contribution in [3.05, 3.63) is 44.9 Å². The highest BCUT2D eigenvalue weighted by Gasteiger charge is 2.23. The Balaban J connectivity index is 2.33. The third-order valence-corrected chi connectivity index (χ3v) is 6.05. The van der Waals surface area contributed by atoms with E-state index in [0.29, 0.717) is 29.4 Å². The summed E-state index contributed by atoms with van der Waals surface area (Å²) < 4.78 is 43.9. The molecule has 0 radical (unpaired) electrons. The van der Waals surface area contributed by atoms with Gasteiger partial charge >= 0.3 is 0 Å². The Bertz CT molecular complexity index is 886. The van der Waals surface area contributed by atoms with E-state index >= 15 is 0 Å². The molecule has 0 fully saturated rings. The molecule has 0 saturated heterocycles. The second kappa shape index (κ2) is 9.21. The number of halogens is 3. The molecule has 0 spiro atoms. The third kappa shape index (κ3) is 5.12. The Morgan fingerprint density at radius 3 is 1.93 bits per heavy atom. The molecule has 2 aromatic carbocycles. The second-order valence-electron chi connectivity index (χ2n) is 5.29. The molecule has 0 aliphatic heterocycles. The summed E-state index contributed by atoms with van der Waals surface area (Å²) in [5.74, 6) is 1.29. The number of rotatable bonds is 8. The zero-order valence-corrected chi connectivity index (χ0v) is 17.9. The van der Waals surface area contributed by atoms with Crippen LogP contribution in [0.25, 0.3) is 0 Å². The SMILES string of the molecule is CCOc1c(OC)cc(CNS(=O)(=O)c2c(Cl)cc(Cl)cc2Cl)cc1OC. The summed E-state index contributed by atoms with van der Waals surface area (Å²) in [5.41, 5.74) is 0.594. The maximum absolute atomic E-state index is 12.6. The topological polar surface area (TPSA) is 73.9 Å². The molecule has 0 aliphatic rings. The van der Waals surface area contributed by atoms with Crippen molar-refractivity contribution in [3.8, 4) is 17.2 Å². The lowest BCUT2D eigenvalue weighted by Gasteiger charge is -2.16. The molecule has 0 heterocycles. The molecule has 148 valence electrons. The Morgan fingerprint density at radius 2 is 1.48 bits per heavy atom. The van der Waals surface area contributed by atoms with Crippen molar-refractivity contribution < 1.29 is 22.6 Å². The van der Waals surface area contributed by atoms with Crippen LogP contribution in [0.15, 0.2) is 29.2 Å². The number of hydrogen-bond acceptors (Lipinski definition) is 5. The van der Waals surface area contributed by atoms with Gasteiger partial charge in [0, 0.05) is 11.6 Å². The predicted octanol–water partition coefficient (Wildman–Crippen LogP) is 4.54. The minimum Gasteiger partial charge on any atom is -0.493 e. The lowest BCUT2D eigenvalue weighted by Crippen LogP contribution is -2.24. The van der Waals surface area contributed by atoms with Crippen LogP contribution < -0.4 is 18.9 Å². The first kappa shape index (κ1) is 21.9. The average molecular weight is 455 g/mol. The lowest BCUT2D eigenvalue weighted by molar-refractivity contribution is 0.288. The quantitative estimate of drug-likeness (QED) is 0.634. The van der Waals surface area contributed by atoms with Gasteiger partial charge in [-0.25, -0.2) is 13.1 Å². The molecule has 1 N–H and O–H groups in total. The van der Waals surface area contributed by atoms with Gasteiger partial charge in [0.15, 0.2) is 11.5 Å². The highest BCUT2D eigenvalue weighted by atomic mass is 35.5. The monoisotopic (exact) mass is 453 g/mol. The Labute approximate surface area is 173 Å². The fourth-order valence-electron chi connectivity index (χ4n) is 2.36. The average Bonchev–Trinajstić information content (AvgIpc) is 2.59. The Hall–Kier alpha value is -1.38. The van der Waals surface area contributed by atoms with Crippen LogP contribution in [0, 0.1) is 0 Å². The number of nitrogens with one attached hydrogen (secondary N) is 1. The Kier molecular flexibility index (Phi) is 7.47. The Morgan fingerprint density at radius 1 is 0.963 bits per heavy atom. The first-order valence-corrected chi connectivity index (χ1v) is 10.4. The van der Waals surface area contributed by atoms with E-state index in [2.05, 4.69) is 4.72 Å². The van der Waals surface area contributed by atoms with Gasteiger partial charge in [0.2, 0.25) is 15.8 Å². The van der Waals surface area contributed by atoms with E-state index in [1.165, 1.54) is 26.4 Å². The van der Waals surface area contributed by atoms with Gasteiger partial charge in [-0.15, -0.1) is 0 Å². The summed E-state index contributed by atoms with van der Waals surface area (Å²) in [6.45, 7) is 2.21. The molecule has 0 saturated carbocycles. The molecule has 0 aromatic heterocycles. The van der Waals surface area contributed by atoms with Gasteiger partial charge in [-0.3, -0.25) is 0 Å². The second-order valence-corrected chi connectivity index (χ2v) is 8.24. The summed E-state index contributed by atoms with van der Waals surface area (Å²) in [6.07, 6.45) is 0. The molecule has 27 heavy (non-hydrogen) atoms. The number of hydrogen-bond donors (Lipinski definition) is 1. The van der Waals surface area contributed by atoms with Gasteiger partial charge < -0.3 is 14.2 Å². The van der Waals surface area contributed by atoms with Crippen LogP contribution in [0.2, 0.25) is 15.1 Å². The maximum atomic E-state index is 12.6. The van der Waals surface area contributed by atoms with E-state index in [1.807, 2.05) is 6.92 Å². The largest absolute Gasteiger partial charge is 0.493 e. The molecule has 0 amide bonds. The van der Waals surface area contributed by atoms with E-state index in [4.69, 9.17) is 49.0 Å². The van der Waals surface area contributed by atoms with Crippen LogP contribution in [-0.4, -0.2) is 29.2 Å². The smallest absolute Gasteiger partial charge is 0.243 e. The molecule has 0 unspecified atom stereocenters. The van der Waals surface area contributed by atoms with E-state index in [0.717, 1.165) is 0 Å². The van der Waals surface area contributed by atoms with Crippen LogP contribution in [0.3, 0.4) is 0 Å². The number of benzene rings is 2. The lowest BCUT2D eigenvalue weighted by atomic mass is 10.2. The van der Waals surface area contributed by atoms with Crippen LogP contribution in [-0.2, 0) is 16.6 Å². The zero-order valence-electron chi connectivity index (χ0n) is 14.8. The first-order chi connectivity index (χ1) is 12.7. The van der Waals surface area contributed by atoms with Crippen molar-refractivity contribution >= 4 is 44.8 Å². The molecule has 10 heteroatoms. The molecule has 2 rings (SSSR count). The van der Waals surface area contributed by atoms with Crippen LogP contribution in [0.1, 0.15) is 12.5 Å². The van der Waals surface area contributed by atoms with Gasteiger partial charge in [-0.2, -0.15) is 0 Å². The summed E-state index contributed by atoms with van der Waals surface area (Å²) >= 11 is 17.8. The fourth-order valence-corrected chi connectivity index (χ4v) is 4.92. The minimum absolute atomic E-state index is 0.0449. The van der Waals surface area contributed by atoms with Gasteiger partial charge in [0.1, 0.15) is 4.90 Å².